The minimum Gasteiger partial charge on any atom is -0.507 e. The SMILES string of the molecule is C=CC(=O)N1C[C@](C)([Si])N(c2nc(=O)n(-c3c(CC)cccc3S(=O)(=O)C(C)C)c3nc(-c4c(O)cccc4F)c(F)cc23)C[C@H]1C. The number of amides is 1. The van der Waals surface area contributed by atoms with Crippen LogP contribution in [0.5, 0.6) is 5.75 Å². The van der Waals surface area contributed by atoms with Gasteiger partial charge in [-0.3, -0.25) is 4.79 Å². The van der Waals surface area contributed by atoms with Gasteiger partial charge in [-0.15, -0.1) is 0 Å². The summed E-state index contributed by atoms with van der Waals surface area (Å²) in [7, 11) is -0.243. The van der Waals surface area contributed by atoms with Gasteiger partial charge in [0.1, 0.15) is 23.1 Å². The van der Waals surface area contributed by atoms with Crippen molar-refractivity contribution >= 4 is 42.8 Å². The molecule has 10 nitrogen and oxygen atoms in total. The van der Waals surface area contributed by atoms with Crippen molar-refractivity contribution in [3.8, 4) is 22.7 Å². The number of phenolic OH excluding ortho intramolecular Hbond substituents is 1. The van der Waals surface area contributed by atoms with Gasteiger partial charge in [-0.05, 0) is 70.0 Å². The third-order valence-electron chi connectivity index (χ3n) is 8.41. The van der Waals surface area contributed by atoms with E-state index in [1.807, 2.05) is 0 Å². The highest BCUT2D eigenvalue weighted by Gasteiger charge is 2.41. The second kappa shape index (κ2) is 12.3. The maximum atomic E-state index is 16.1. The van der Waals surface area contributed by atoms with E-state index in [4.69, 9.17) is 0 Å². The molecule has 0 aliphatic carbocycles. The van der Waals surface area contributed by atoms with Crippen LogP contribution >= 0.6 is 0 Å². The number of fused-ring (bicyclic) bond motifs is 1. The van der Waals surface area contributed by atoms with Crippen LogP contribution in [-0.4, -0.2) is 78.7 Å². The molecule has 1 amide bonds. The fourth-order valence-corrected chi connectivity index (χ4v) is 7.53. The minimum absolute atomic E-state index is 0.00327. The Morgan fingerprint density at radius 3 is 2.49 bits per heavy atom. The summed E-state index contributed by atoms with van der Waals surface area (Å²) in [6, 6.07) is 8.74. The number of rotatable bonds is 7. The number of pyridine rings is 1. The summed E-state index contributed by atoms with van der Waals surface area (Å²) in [4.78, 5) is 38.9. The lowest BCUT2D eigenvalue weighted by atomic mass is 10.0. The molecule has 4 aromatic rings. The molecule has 245 valence electrons. The van der Waals surface area contributed by atoms with Gasteiger partial charge in [-0.25, -0.2) is 31.5 Å². The molecule has 2 atom stereocenters. The summed E-state index contributed by atoms with van der Waals surface area (Å²) in [6.07, 6.45) is 1.51. The van der Waals surface area contributed by atoms with Crippen LogP contribution in [0.25, 0.3) is 28.0 Å². The van der Waals surface area contributed by atoms with Crippen LogP contribution in [0.4, 0.5) is 14.6 Å². The average Bonchev–Trinajstić information content (AvgIpc) is 3.01. The molecule has 3 heterocycles. The molecule has 0 bridgehead atoms. The molecule has 2 aromatic carbocycles. The van der Waals surface area contributed by atoms with Crippen LogP contribution in [0, 0.1) is 11.6 Å². The Labute approximate surface area is 274 Å². The number of carbonyl (C=O) groups is 1. The Kier molecular flexibility index (Phi) is 8.88. The highest BCUT2D eigenvalue weighted by Crippen LogP contribution is 2.38. The number of carbonyl (C=O) groups excluding carboxylic acids is 1. The number of aryl methyl sites for hydroxylation is 1. The lowest BCUT2D eigenvalue weighted by molar-refractivity contribution is -0.129. The molecule has 1 aliphatic rings. The molecule has 3 radical (unpaired) electrons. The number of anilines is 1. The molecule has 1 N–H and O–H groups in total. The fraction of sp³-hybridized carbons (Fsp3) is 0.333. The first-order valence-corrected chi connectivity index (χ1v) is 17.0. The van der Waals surface area contributed by atoms with E-state index in [9.17, 15) is 23.1 Å². The van der Waals surface area contributed by atoms with E-state index in [1.165, 1.54) is 38.1 Å². The molecule has 47 heavy (non-hydrogen) atoms. The van der Waals surface area contributed by atoms with Crippen molar-refractivity contribution in [3.05, 3.63) is 82.8 Å². The number of phenols is 1. The van der Waals surface area contributed by atoms with Crippen LogP contribution in [0.2, 0.25) is 0 Å². The summed E-state index contributed by atoms with van der Waals surface area (Å²) in [6.45, 7) is 12.2. The zero-order chi connectivity index (χ0) is 34.6. The van der Waals surface area contributed by atoms with Crippen molar-refractivity contribution in [3.63, 3.8) is 0 Å². The molecule has 1 fully saturated rings. The summed E-state index contributed by atoms with van der Waals surface area (Å²) < 4.78 is 59.6. The number of hydrogen-bond acceptors (Lipinski definition) is 8. The van der Waals surface area contributed by atoms with Crippen LogP contribution < -0.4 is 10.6 Å². The Bertz CT molecular complexity index is 2080. The Hall–Kier alpha value is -4.43. The van der Waals surface area contributed by atoms with Gasteiger partial charge in [0.05, 0.1) is 37.0 Å². The number of piperazine rings is 1. The predicted octanol–water partition coefficient (Wildman–Crippen LogP) is 4.28. The molecule has 0 unspecified atom stereocenters. The van der Waals surface area contributed by atoms with E-state index in [-0.39, 0.29) is 52.5 Å². The van der Waals surface area contributed by atoms with Gasteiger partial charge in [-0.1, -0.05) is 31.7 Å². The van der Waals surface area contributed by atoms with Crippen LogP contribution in [-0.2, 0) is 21.1 Å². The molecule has 1 aliphatic heterocycles. The number of para-hydroxylation sites is 1. The van der Waals surface area contributed by atoms with Gasteiger partial charge in [0.15, 0.2) is 21.3 Å². The number of aromatic hydroxyl groups is 1. The summed E-state index contributed by atoms with van der Waals surface area (Å²) in [5, 5.41) is 8.70. The molecule has 5 rings (SSSR count). The average molecular weight is 679 g/mol. The number of aromatic nitrogens is 3. The van der Waals surface area contributed by atoms with Gasteiger partial charge >= 0.3 is 5.69 Å². The van der Waals surface area contributed by atoms with Gasteiger partial charge in [-0.2, -0.15) is 4.98 Å². The van der Waals surface area contributed by atoms with Crippen molar-refractivity contribution in [1.29, 1.82) is 0 Å². The first-order valence-electron chi connectivity index (χ1n) is 15.0. The zero-order valence-corrected chi connectivity index (χ0v) is 28.4. The highest BCUT2D eigenvalue weighted by molar-refractivity contribution is 7.92. The molecule has 2 aromatic heterocycles. The minimum atomic E-state index is -3.98. The third-order valence-corrected chi connectivity index (χ3v) is 11.0. The molecule has 0 saturated carbocycles. The number of hydrogen-bond donors (Lipinski definition) is 1. The smallest absolute Gasteiger partial charge is 0.355 e. The quantitative estimate of drug-likeness (QED) is 0.227. The second-order valence-electron chi connectivity index (χ2n) is 12.0. The van der Waals surface area contributed by atoms with Gasteiger partial charge in [0.25, 0.3) is 0 Å². The van der Waals surface area contributed by atoms with Crippen LogP contribution in [0.15, 0.2) is 64.8 Å². The van der Waals surface area contributed by atoms with Gasteiger partial charge in [0, 0.05) is 24.3 Å². The van der Waals surface area contributed by atoms with Crippen molar-refractivity contribution in [2.24, 2.45) is 0 Å². The number of halogens is 2. The van der Waals surface area contributed by atoms with Crippen LogP contribution in [0.3, 0.4) is 0 Å². The largest absolute Gasteiger partial charge is 0.507 e. The van der Waals surface area contributed by atoms with E-state index in [0.717, 1.165) is 16.7 Å². The van der Waals surface area contributed by atoms with E-state index in [1.54, 1.807) is 42.7 Å². The van der Waals surface area contributed by atoms with Crippen molar-refractivity contribution in [1.82, 2.24) is 19.4 Å². The molecular formula is C33H34F2N5O5SSi. The first kappa shape index (κ1) is 33.9. The topological polar surface area (TPSA) is 126 Å². The standard InChI is InChI=1S/C33H34F2N5O5SSi/c1-7-20-11-9-14-25(46(44,45)18(3)4)29(20)40-31-21(15-23(35)28(36-31)27-22(34)12-10-13-24(27)41)30(37-32(40)43)39-16-19(5)38(26(42)8-2)17-33(39,6)47/h8-15,18-19,41H,2,7,16-17H2,1,3-6H3/t19-,33+/m1/s1. The van der Waals surface area contributed by atoms with Gasteiger partial charge in [0.2, 0.25) is 5.91 Å². The second-order valence-corrected chi connectivity index (χ2v) is 15.5. The summed E-state index contributed by atoms with van der Waals surface area (Å²) in [5.74, 6) is -2.85. The maximum absolute atomic E-state index is 16.1. The van der Waals surface area contributed by atoms with Gasteiger partial charge < -0.3 is 14.9 Å². The van der Waals surface area contributed by atoms with Crippen molar-refractivity contribution in [2.75, 3.05) is 18.0 Å². The van der Waals surface area contributed by atoms with Crippen LogP contribution in [0.1, 0.15) is 40.2 Å². The van der Waals surface area contributed by atoms with E-state index < -0.39 is 54.6 Å². The van der Waals surface area contributed by atoms with E-state index in [2.05, 4.69) is 26.8 Å². The first-order chi connectivity index (χ1) is 22.0. The fourth-order valence-electron chi connectivity index (χ4n) is 5.90. The normalized spacial score (nSPS) is 18.6. The van der Waals surface area contributed by atoms with Crippen molar-refractivity contribution < 1.29 is 27.1 Å². The Morgan fingerprint density at radius 1 is 1.19 bits per heavy atom. The Balaban J connectivity index is 1.93. The molecule has 14 heteroatoms. The molecule has 1 saturated heterocycles. The number of sulfone groups is 1. The number of nitrogens with zero attached hydrogens (tertiary/aromatic N) is 5. The summed E-state index contributed by atoms with van der Waals surface area (Å²) >= 11 is 0. The van der Waals surface area contributed by atoms with Crippen molar-refractivity contribution in [2.45, 2.75) is 62.4 Å². The number of benzene rings is 2. The third kappa shape index (κ3) is 5.73. The zero-order valence-electron chi connectivity index (χ0n) is 26.6. The monoisotopic (exact) mass is 678 g/mol. The van der Waals surface area contributed by atoms with E-state index >= 15 is 8.78 Å². The van der Waals surface area contributed by atoms with E-state index in [0.29, 0.717) is 12.0 Å². The maximum Gasteiger partial charge on any atom is 0.355 e. The Morgan fingerprint density at radius 2 is 1.87 bits per heavy atom. The predicted molar refractivity (Wildman–Crippen MR) is 177 cm³/mol. The lowest BCUT2D eigenvalue weighted by Crippen LogP contribution is -2.66. The lowest BCUT2D eigenvalue weighted by Gasteiger charge is -2.50. The molecule has 0 spiro atoms. The highest BCUT2D eigenvalue weighted by atomic mass is 32.2. The summed E-state index contributed by atoms with van der Waals surface area (Å²) in [5.41, 5.74) is -1.77. The molecular weight excluding hydrogens is 645 g/mol.